The molecule has 3 heterocycles. The van der Waals surface area contributed by atoms with Gasteiger partial charge in [0.15, 0.2) is 0 Å². The molecule has 500 valence electrons. The molecule has 0 atom stereocenters. The van der Waals surface area contributed by atoms with Gasteiger partial charge in [-0.25, -0.2) is 0 Å². The topological polar surface area (TPSA) is 11.4 Å². The first kappa shape index (κ1) is 58.5. The average Bonchev–Trinajstić information content (AvgIpc) is 1.46. The zero-order valence-electron chi connectivity index (χ0n) is 59.2. The van der Waals surface area contributed by atoms with Gasteiger partial charge in [-0.05, 0) is 210 Å². The number of benzene rings is 17. The van der Waals surface area contributed by atoms with Crippen LogP contribution in [-0.4, -0.2) is 11.3 Å². The van der Waals surface area contributed by atoms with Crippen molar-refractivity contribution in [1.29, 1.82) is 0 Å². The molecular weight excluding hydrogens is 1310 g/mol. The van der Waals surface area contributed by atoms with Crippen LogP contribution in [0.5, 0.6) is 0 Å². The van der Waals surface area contributed by atoms with Crippen molar-refractivity contribution in [3.63, 3.8) is 0 Å². The summed E-state index contributed by atoms with van der Waals surface area (Å²) in [4.78, 5) is 5.48. The first-order valence-electron chi connectivity index (χ1n) is 38.4. The number of para-hydroxylation sites is 2. The molecule has 0 amide bonds. The van der Waals surface area contributed by atoms with Gasteiger partial charge in [-0.3, -0.25) is 0 Å². The molecule has 0 saturated carbocycles. The lowest BCUT2D eigenvalue weighted by Gasteiger charge is -2.45. The summed E-state index contributed by atoms with van der Waals surface area (Å²) in [5, 5.41) is 2.44. The Morgan fingerprint density at radius 2 is 0.587 bits per heavy atom. The molecule has 4 heteroatoms. The van der Waals surface area contributed by atoms with E-state index in [0.29, 0.717) is 0 Å². The van der Waals surface area contributed by atoms with Gasteiger partial charge in [0.05, 0.1) is 38.7 Å². The van der Waals surface area contributed by atoms with Crippen molar-refractivity contribution in [3.8, 4) is 83.6 Å². The SMILES string of the molecule is c1ccc(-c2ccc3c(c2)B2c4cc5c(cc4N(c4cccc6c4-c4ccccc4C64c6ccccc6-c6ccccc64)c4cc(-n6c7ccccc7c7ccccc76)cc(c42)N3c2ccc3c(c2)C2(c4ccccc4-c4ccccc42)c2ccccc2-3)C2(c3ccccc3-c3ccccc32)c2ccccc2-5)cc1. The number of nitrogens with zero attached hydrogens (tertiary/aromatic N) is 3. The maximum Gasteiger partial charge on any atom is 0.252 e. The maximum atomic E-state index is 2.79. The van der Waals surface area contributed by atoms with Crippen LogP contribution in [0.2, 0.25) is 0 Å². The van der Waals surface area contributed by atoms with E-state index < -0.39 is 16.2 Å². The molecule has 0 saturated heterocycles. The minimum atomic E-state index is -0.630. The fourth-order valence-electron chi connectivity index (χ4n) is 22.8. The highest BCUT2D eigenvalue weighted by Crippen LogP contribution is 2.69. The van der Waals surface area contributed by atoms with Crippen LogP contribution >= 0.6 is 0 Å². The summed E-state index contributed by atoms with van der Waals surface area (Å²) in [6.45, 7) is -0.266. The Kier molecular flexibility index (Phi) is 11.2. The Labute approximate surface area is 631 Å². The van der Waals surface area contributed by atoms with E-state index in [1.807, 2.05) is 0 Å². The van der Waals surface area contributed by atoms with Crippen molar-refractivity contribution < 1.29 is 0 Å². The van der Waals surface area contributed by atoms with Gasteiger partial charge in [-0.2, -0.15) is 0 Å². The van der Waals surface area contributed by atoms with Gasteiger partial charge >= 0.3 is 0 Å². The standard InChI is InChI=1S/C105H62BN3/c1-2-27-63(28-3-1)64-53-56-96-92(57-64)106-93-61-79-74-36-11-22-47-87(74)105(84-44-19-8-33-71(84)72-34-9-20-45-85(72)105)91(79)62-98(93)109(97-52-26-49-89-101(97)78-39-12-23-48-88(78)103(89)80-40-15-4-29-67(80)68-30-5-16-41-81(68)103)100-60-66(108-94-50-24-13-37-76(94)77-38-14-25-51-95(77)108)59-99(102(100)106)107(96)65-54-55-75-73-35-10-21-46-86(73)104(90(75)58-65)82-42-17-6-31-69(82)70-32-7-18-43-83(70)104/h1-62H. The van der Waals surface area contributed by atoms with Crippen molar-refractivity contribution in [3.05, 3.63) is 443 Å². The molecule has 18 aromatic rings. The molecule has 6 aliphatic carbocycles. The molecule has 109 heavy (non-hydrogen) atoms. The van der Waals surface area contributed by atoms with Crippen molar-refractivity contribution in [2.24, 2.45) is 0 Å². The lowest BCUT2D eigenvalue weighted by atomic mass is 9.33. The van der Waals surface area contributed by atoms with E-state index in [1.165, 1.54) is 177 Å². The first-order valence-corrected chi connectivity index (χ1v) is 38.4. The Balaban J connectivity index is 0.835. The minimum absolute atomic E-state index is 0.266. The van der Waals surface area contributed by atoms with Crippen LogP contribution in [-0.2, 0) is 16.2 Å². The van der Waals surface area contributed by atoms with Gasteiger partial charge in [0.1, 0.15) is 0 Å². The van der Waals surface area contributed by atoms with E-state index in [1.54, 1.807) is 0 Å². The van der Waals surface area contributed by atoms with Crippen molar-refractivity contribution in [1.82, 2.24) is 4.57 Å². The summed E-state index contributed by atoms with van der Waals surface area (Å²) in [6, 6.07) is 146. The second-order valence-corrected chi connectivity index (χ2v) is 31.1. The molecule has 0 unspecified atom stereocenters. The lowest BCUT2D eigenvalue weighted by Crippen LogP contribution is -2.61. The largest absolute Gasteiger partial charge is 0.311 e. The number of fused-ring (bicyclic) bond motifs is 37. The van der Waals surface area contributed by atoms with Gasteiger partial charge in [-0.1, -0.05) is 322 Å². The molecule has 1 aromatic heterocycles. The minimum Gasteiger partial charge on any atom is -0.311 e. The summed E-state index contributed by atoms with van der Waals surface area (Å²) in [5.74, 6) is 0. The van der Waals surface area contributed by atoms with E-state index in [9.17, 15) is 0 Å². The molecular formula is C105H62BN3. The van der Waals surface area contributed by atoms with Crippen LogP contribution in [0.1, 0.15) is 66.8 Å². The van der Waals surface area contributed by atoms with Gasteiger partial charge in [0, 0.05) is 44.8 Å². The van der Waals surface area contributed by atoms with Crippen LogP contribution in [0.4, 0.5) is 34.1 Å². The zero-order valence-corrected chi connectivity index (χ0v) is 59.2. The third kappa shape index (κ3) is 6.96. The highest BCUT2D eigenvalue weighted by Gasteiger charge is 2.57. The third-order valence-electron chi connectivity index (χ3n) is 26.6. The summed E-state index contributed by atoms with van der Waals surface area (Å²) >= 11 is 0. The highest BCUT2D eigenvalue weighted by molar-refractivity contribution is 7.00. The molecule has 0 N–H and O–H groups in total. The van der Waals surface area contributed by atoms with Crippen LogP contribution < -0.4 is 26.2 Å². The number of hydrogen-bond donors (Lipinski definition) is 0. The fourth-order valence-corrected chi connectivity index (χ4v) is 22.8. The Hall–Kier alpha value is -13.8. The van der Waals surface area contributed by atoms with E-state index >= 15 is 0 Å². The summed E-state index contributed by atoms with van der Waals surface area (Å²) in [7, 11) is 0. The number of hydrogen-bond acceptors (Lipinski definition) is 2. The molecule has 8 aliphatic rings. The molecule has 3 nitrogen and oxygen atoms in total. The Morgan fingerprint density at radius 3 is 1.09 bits per heavy atom. The van der Waals surface area contributed by atoms with Crippen LogP contribution in [0, 0.1) is 0 Å². The predicted molar refractivity (Wildman–Crippen MR) is 449 cm³/mol. The molecule has 3 spiro atoms. The number of aromatic nitrogens is 1. The average molecular weight is 1380 g/mol. The Morgan fingerprint density at radius 1 is 0.202 bits per heavy atom. The summed E-state index contributed by atoms with van der Waals surface area (Å²) in [6.07, 6.45) is 0. The maximum absolute atomic E-state index is 2.79. The molecule has 0 bridgehead atoms. The van der Waals surface area contributed by atoms with E-state index in [4.69, 9.17) is 0 Å². The number of anilines is 6. The monoisotopic (exact) mass is 1380 g/mol. The summed E-state index contributed by atoms with van der Waals surface area (Å²) < 4.78 is 2.57. The van der Waals surface area contributed by atoms with Crippen LogP contribution in [0.15, 0.2) is 376 Å². The van der Waals surface area contributed by atoms with Crippen LogP contribution in [0.3, 0.4) is 0 Å². The molecule has 0 radical (unpaired) electrons. The smallest absolute Gasteiger partial charge is 0.252 e. The lowest BCUT2D eigenvalue weighted by molar-refractivity contribution is 0.793. The quantitative estimate of drug-likeness (QED) is 0.163. The van der Waals surface area contributed by atoms with Gasteiger partial charge in [0.2, 0.25) is 0 Å². The van der Waals surface area contributed by atoms with E-state index in [-0.39, 0.29) is 6.71 Å². The molecule has 2 aliphatic heterocycles. The van der Waals surface area contributed by atoms with Gasteiger partial charge in [0.25, 0.3) is 6.71 Å². The normalized spacial score (nSPS) is 15.0. The summed E-state index contributed by atoms with van der Waals surface area (Å²) in [5.41, 5.74) is 45.8. The first-order chi connectivity index (χ1) is 54.1. The molecule has 26 rings (SSSR count). The predicted octanol–water partition coefficient (Wildman–Crippen LogP) is 23.6. The van der Waals surface area contributed by atoms with Crippen LogP contribution in [0.25, 0.3) is 105 Å². The zero-order chi connectivity index (χ0) is 70.7. The third-order valence-corrected chi connectivity index (χ3v) is 26.6. The van der Waals surface area contributed by atoms with Gasteiger partial charge < -0.3 is 14.4 Å². The molecule has 17 aromatic carbocycles. The Bertz CT molecular complexity index is 6960. The van der Waals surface area contributed by atoms with Crippen molar-refractivity contribution in [2.75, 3.05) is 9.80 Å². The molecule has 0 fully saturated rings. The van der Waals surface area contributed by atoms with E-state index in [2.05, 4.69) is 390 Å². The van der Waals surface area contributed by atoms with Crippen molar-refractivity contribution in [2.45, 2.75) is 16.2 Å². The van der Waals surface area contributed by atoms with Gasteiger partial charge in [-0.15, -0.1) is 0 Å². The van der Waals surface area contributed by atoms with Crippen molar-refractivity contribution >= 4 is 79.0 Å². The van der Waals surface area contributed by atoms with E-state index in [0.717, 1.165) is 45.2 Å². The fraction of sp³-hybridized carbons (Fsp3) is 0.0286. The second-order valence-electron chi connectivity index (χ2n) is 31.1. The highest BCUT2D eigenvalue weighted by atomic mass is 15.2. The number of rotatable bonds is 4. The second kappa shape index (κ2) is 20.8.